The van der Waals surface area contributed by atoms with Gasteiger partial charge < -0.3 is 4.42 Å². The van der Waals surface area contributed by atoms with Crippen molar-refractivity contribution in [1.29, 1.82) is 0 Å². The van der Waals surface area contributed by atoms with Crippen LogP contribution in [0.15, 0.2) is 156 Å². The number of aromatic nitrogens is 3. The van der Waals surface area contributed by atoms with E-state index in [-0.39, 0.29) is 5.41 Å². The minimum atomic E-state index is -0.0607. The van der Waals surface area contributed by atoms with Crippen LogP contribution in [-0.4, -0.2) is 15.0 Å². The number of hydrogen-bond donors (Lipinski definition) is 0. The lowest BCUT2D eigenvalue weighted by molar-refractivity contribution is 0.607. The van der Waals surface area contributed by atoms with Crippen molar-refractivity contribution in [1.82, 2.24) is 15.0 Å². The number of anilines is 3. The predicted molar refractivity (Wildman–Crippen MR) is 225 cm³/mol. The molecule has 0 bridgehead atoms. The fourth-order valence-corrected chi connectivity index (χ4v) is 8.86. The Morgan fingerprint density at radius 1 is 0.582 bits per heavy atom. The van der Waals surface area contributed by atoms with Crippen molar-refractivity contribution >= 4 is 57.0 Å². The van der Waals surface area contributed by atoms with Gasteiger partial charge in [-0.05, 0) is 76.6 Å². The van der Waals surface area contributed by atoms with E-state index in [1.165, 1.54) is 22.3 Å². The highest BCUT2D eigenvalue weighted by Gasteiger charge is 2.39. The van der Waals surface area contributed by atoms with Gasteiger partial charge in [0.05, 0.1) is 11.4 Å². The van der Waals surface area contributed by atoms with E-state index in [1.807, 2.05) is 48.5 Å². The van der Waals surface area contributed by atoms with Crippen molar-refractivity contribution in [2.24, 2.45) is 0 Å². The molecule has 0 spiro atoms. The van der Waals surface area contributed by atoms with Gasteiger partial charge in [-0.15, -0.1) is 0 Å². The summed E-state index contributed by atoms with van der Waals surface area (Å²) in [7, 11) is 0. The van der Waals surface area contributed by atoms with Gasteiger partial charge in [0, 0.05) is 32.9 Å². The summed E-state index contributed by atoms with van der Waals surface area (Å²) in [5.41, 5.74) is 15.4. The molecule has 11 rings (SSSR count). The summed E-state index contributed by atoms with van der Waals surface area (Å²) in [5.74, 6) is 1.82. The lowest BCUT2D eigenvalue weighted by atomic mass is 9.78. The fourth-order valence-electron chi connectivity index (χ4n) is 8.86. The van der Waals surface area contributed by atoms with Crippen molar-refractivity contribution in [3.05, 3.63) is 173 Å². The first-order valence-electron chi connectivity index (χ1n) is 19.0. The third kappa shape index (κ3) is 4.96. The Hall–Kier alpha value is -6.85. The Balaban J connectivity index is 1.16. The van der Waals surface area contributed by atoms with E-state index in [2.05, 4.69) is 128 Å². The maximum Gasteiger partial charge on any atom is 0.238 e. The molecule has 1 aliphatic heterocycles. The molecule has 0 atom stereocenters. The number of rotatable bonds is 4. The molecule has 2 aliphatic carbocycles. The van der Waals surface area contributed by atoms with Gasteiger partial charge in [0.1, 0.15) is 11.2 Å². The van der Waals surface area contributed by atoms with E-state index < -0.39 is 0 Å². The number of hydrogen-bond acceptors (Lipinski definition) is 5. The van der Waals surface area contributed by atoms with Crippen molar-refractivity contribution in [2.45, 2.75) is 32.1 Å². The number of furan rings is 1. The highest BCUT2D eigenvalue weighted by Crippen LogP contribution is 2.53. The number of fused-ring (bicyclic) bond motifs is 7. The van der Waals surface area contributed by atoms with Crippen molar-refractivity contribution in [3.63, 3.8) is 0 Å². The molecule has 55 heavy (non-hydrogen) atoms. The van der Waals surface area contributed by atoms with Crippen LogP contribution in [0.3, 0.4) is 0 Å². The Bertz CT molecular complexity index is 2890. The first-order chi connectivity index (χ1) is 27.0. The molecule has 5 nitrogen and oxygen atoms in total. The van der Waals surface area contributed by atoms with E-state index in [0.29, 0.717) is 17.6 Å². The minimum Gasteiger partial charge on any atom is -0.455 e. The lowest BCUT2D eigenvalue weighted by Gasteiger charge is -2.28. The molecule has 2 aromatic heterocycles. The molecule has 0 N–H and O–H groups in total. The zero-order chi connectivity index (χ0) is 36.7. The van der Waals surface area contributed by atoms with Gasteiger partial charge in [-0.3, -0.25) is 4.90 Å². The van der Waals surface area contributed by atoms with E-state index in [1.54, 1.807) is 0 Å². The molecule has 0 saturated heterocycles. The molecular weight excluding hydrogens is 673 g/mol. The van der Waals surface area contributed by atoms with Crippen LogP contribution in [0.1, 0.15) is 48.9 Å². The van der Waals surface area contributed by atoms with Crippen LogP contribution >= 0.6 is 0 Å². The molecule has 3 aliphatic rings. The molecule has 0 fully saturated rings. The number of nitrogens with zero attached hydrogens (tertiary/aromatic N) is 4. The zero-order valence-electron chi connectivity index (χ0n) is 30.6. The van der Waals surface area contributed by atoms with Gasteiger partial charge in [-0.2, -0.15) is 9.97 Å². The van der Waals surface area contributed by atoms with Crippen LogP contribution in [0.4, 0.5) is 17.3 Å². The van der Waals surface area contributed by atoms with Gasteiger partial charge >= 0.3 is 0 Å². The van der Waals surface area contributed by atoms with Gasteiger partial charge in [0.15, 0.2) is 11.6 Å². The van der Waals surface area contributed by atoms with Crippen LogP contribution < -0.4 is 4.90 Å². The fraction of sp³-hybridized carbons (Fsp3) is 0.100. The first-order valence-corrected chi connectivity index (χ1v) is 19.0. The monoisotopic (exact) mass is 708 g/mol. The van der Waals surface area contributed by atoms with Gasteiger partial charge in [-0.25, -0.2) is 4.98 Å². The average molecular weight is 709 g/mol. The Labute approximate surface area is 319 Å². The first kappa shape index (κ1) is 31.7. The van der Waals surface area contributed by atoms with Crippen molar-refractivity contribution < 1.29 is 4.42 Å². The van der Waals surface area contributed by atoms with Crippen molar-refractivity contribution in [2.75, 3.05) is 4.90 Å². The minimum absolute atomic E-state index is 0.0607. The quantitative estimate of drug-likeness (QED) is 0.182. The second-order valence-electron chi connectivity index (χ2n) is 15.2. The van der Waals surface area contributed by atoms with Gasteiger partial charge in [-0.1, -0.05) is 147 Å². The molecule has 0 saturated carbocycles. The summed E-state index contributed by atoms with van der Waals surface area (Å²) >= 11 is 0. The maximum atomic E-state index is 6.50. The number of allylic oxidation sites excluding steroid dienone is 4. The third-order valence-electron chi connectivity index (χ3n) is 11.6. The summed E-state index contributed by atoms with van der Waals surface area (Å²) in [5, 5.41) is 2.23. The lowest BCUT2D eigenvalue weighted by Crippen LogP contribution is -2.19. The maximum absolute atomic E-state index is 6.50. The van der Waals surface area contributed by atoms with Crippen LogP contribution in [0.2, 0.25) is 0 Å². The normalized spacial score (nSPS) is 15.2. The van der Waals surface area contributed by atoms with E-state index in [0.717, 1.165) is 79.5 Å². The van der Waals surface area contributed by atoms with E-state index >= 15 is 0 Å². The second kappa shape index (κ2) is 12.1. The van der Waals surface area contributed by atoms with Crippen molar-refractivity contribution in [3.8, 4) is 33.9 Å². The Morgan fingerprint density at radius 3 is 2.04 bits per heavy atom. The van der Waals surface area contributed by atoms with E-state index in [9.17, 15) is 0 Å². The Morgan fingerprint density at radius 2 is 1.27 bits per heavy atom. The second-order valence-corrected chi connectivity index (χ2v) is 15.2. The highest BCUT2D eigenvalue weighted by atomic mass is 16.3. The van der Waals surface area contributed by atoms with Gasteiger partial charge in [0.2, 0.25) is 5.95 Å². The summed E-state index contributed by atoms with van der Waals surface area (Å²) in [4.78, 5) is 17.8. The molecule has 6 aromatic carbocycles. The molecule has 0 radical (unpaired) electrons. The largest absolute Gasteiger partial charge is 0.455 e. The van der Waals surface area contributed by atoms with Gasteiger partial charge in [0.25, 0.3) is 0 Å². The topological polar surface area (TPSA) is 55.1 Å². The van der Waals surface area contributed by atoms with Crippen LogP contribution in [0.25, 0.3) is 73.6 Å². The molecule has 0 amide bonds. The van der Waals surface area contributed by atoms with E-state index in [4.69, 9.17) is 19.4 Å². The molecular formula is C50H36N4O. The van der Waals surface area contributed by atoms with Crippen LogP contribution in [-0.2, 0) is 5.41 Å². The summed E-state index contributed by atoms with van der Waals surface area (Å²) in [6.45, 7) is 4.75. The molecule has 262 valence electrons. The smallest absolute Gasteiger partial charge is 0.238 e. The Kier molecular flexibility index (Phi) is 6.96. The summed E-state index contributed by atoms with van der Waals surface area (Å²) in [6, 6.07) is 46.5. The number of benzene rings is 6. The zero-order valence-corrected chi connectivity index (χ0v) is 30.6. The molecule has 3 heterocycles. The standard InChI is InChI=1S/C50H36N4O/c1-50(2)41-22-11-9-18-37(41)40-30-44-35(29-42(40)50)25-24-34-28-33(36-20-13-21-39-38-19-10-12-23-45(38)55-46(36)39)26-27-43(34)54(44)49-52-47(31-14-5-3-6-15-31)51-48(53-49)32-16-7-4-8-17-32/h3-10,12-21,23-30H,11,22H2,1-2H3. The van der Waals surface area contributed by atoms with Crippen LogP contribution in [0.5, 0.6) is 0 Å². The predicted octanol–water partition coefficient (Wildman–Crippen LogP) is 13.1. The molecule has 8 aromatic rings. The SMILES string of the molecule is CC1(C)C2=C(C=CCC2)c2cc3c(cc21)C=Cc1cc(-c2cccc4c2oc2ccccc24)ccc1N3c1nc(-c2ccccc2)nc(-c2ccccc2)n1. The summed E-state index contributed by atoms with van der Waals surface area (Å²) in [6.07, 6.45) is 11.3. The highest BCUT2D eigenvalue weighted by molar-refractivity contribution is 6.10. The average Bonchev–Trinajstić information content (AvgIpc) is 3.66. The third-order valence-corrected chi connectivity index (χ3v) is 11.6. The molecule has 5 heteroatoms. The summed E-state index contributed by atoms with van der Waals surface area (Å²) < 4.78 is 6.50. The number of para-hydroxylation sites is 2. The van der Waals surface area contributed by atoms with Crippen LogP contribution in [0, 0.1) is 0 Å². The molecule has 0 unspecified atom stereocenters.